The number of aromatic nitrogens is 2. The number of ether oxygens (including phenoxy) is 2. The van der Waals surface area contributed by atoms with E-state index in [-0.39, 0.29) is 11.7 Å². The van der Waals surface area contributed by atoms with Gasteiger partial charge in [0.2, 0.25) is 5.82 Å². The number of nitrogens with one attached hydrogen (secondary N) is 1. The molecule has 3 rings (SSSR count). The second-order valence-electron chi connectivity index (χ2n) is 6.30. The molecule has 154 valence electrons. The molecule has 0 saturated carbocycles. The number of carbonyl (C=O) groups excluding carboxylic acids is 1. The zero-order chi connectivity index (χ0) is 21.8. The molecule has 0 atom stereocenters. The minimum Gasteiger partial charge on any atom is -0.465 e. The van der Waals surface area contributed by atoms with E-state index in [4.69, 9.17) is 16.3 Å². The summed E-state index contributed by atoms with van der Waals surface area (Å²) in [7, 11) is 1.28. The minimum atomic E-state index is -0.629. The number of benzene rings is 2. The first-order valence-electron chi connectivity index (χ1n) is 8.69. The zero-order valence-corrected chi connectivity index (χ0v) is 17.1. The molecule has 2 aromatic carbocycles. The normalized spacial score (nSPS) is 10.4. The molecule has 0 spiro atoms. The lowest BCUT2D eigenvalue weighted by atomic mass is 10.1. The average molecular weight is 429 g/mol. The van der Waals surface area contributed by atoms with E-state index in [1.807, 2.05) is 13.8 Å². The highest BCUT2D eigenvalue weighted by molar-refractivity contribution is 6.32. The van der Waals surface area contributed by atoms with Crippen LogP contribution in [0.2, 0.25) is 5.02 Å². The van der Waals surface area contributed by atoms with Gasteiger partial charge in [-0.3, -0.25) is 10.1 Å². The molecule has 1 N–H and O–H groups in total. The quantitative estimate of drug-likeness (QED) is 0.332. The number of halogens is 1. The fraction of sp³-hybridized carbons (Fsp3) is 0.150. The fourth-order valence-corrected chi connectivity index (χ4v) is 2.82. The van der Waals surface area contributed by atoms with Crippen molar-refractivity contribution in [1.29, 1.82) is 0 Å². The van der Waals surface area contributed by atoms with Gasteiger partial charge in [0.05, 0.1) is 17.6 Å². The van der Waals surface area contributed by atoms with Crippen molar-refractivity contribution in [3.05, 3.63) is 74.6 Å². The number of hydrogen-bond donors (Lipinski definition) is 1. The summed E-state index contributed by atoms with van der Waals surface area (Å²) in [5, 5.41) is 15.2. The van der Waals surface area contributed by atoms with Crippen LogP contribution < -0.4 is 10.1 Å². The third kappa shape index (κ3) is 4.47. The van der Waals surface area contributed by atoms with Crippen molar-refractivity contribution in [2.75, 3.05) is 12.4 Å². The Balaban J connectivity index is 1.93. The molecule has 30 heavy (non-hydrogen) atoms. The molecule has 0 amide bonds. The summed E-state index contributed by atoms with van der Waals surface area (Å²) in [6.45, 7) is 3.61. The fourth-order valence-electron chi connectivity index (χ4n) is 2.71. The molecule has 9 nitrogen and oxygen atoms in total. The van der Waals surface area contributed by atoms with Gasteiger partial charge < -0.3 is 14.8 Å². The number of anilines is 2. The van der Waals surface area contributed by atoms with Crippen LogP contribution >= 0.6 is 11.6 Å². The van der Waals surface area contributed by atoms with E-state index in [1.54, 1.807) is 24.3 Å². The van der Waals surface area contributed by atoms with Gasteiger partial charge in [-0.1, -0.05) is 11.6 Å². The van der Waals surface area contributed by atoms with E-state index in [9.17, 15) is 14.9 Å². The van der Waals surface area contributed by atoms with Gasteiger partial charge in [-0.05, 0) is 61.4 Å². The summed E-state index contributed by atoms with van der Waals surface area (Å²) in [6, 6.07) is 9.53. The first-order valence-corrected chi connectivity index (χ1v) is 9.07. The molecule has 1 heterocycles. The van der Waals surface area contributed by atoms with Crippen molar-refractivity contribution in [3.63, 3.8) is 0 Å². The van der Waals surface area contributed by atoms with E-state index in [1.165, 1.54) is 19.2 Å². The van der Waals surface area contributed by atoms with Gasteiger partial charge in [-0.15, -0.1) is 0 Å². The number of hydrogen-bond acceptors (Lipinski definition) is 8. The molecule has 0 aliphatic rings. The summed E-state index contributed by atoms with van der Waals surface area (Å²) in [6.07, 6.45) is 1.16. The molecule has 0 aliphatic heterocycles. The number of carbonyl (C=O) groups is 1. The van der Waals surface area contributed by atoms with Gasteiger partial charge in [-0.2, -0.15) is 4.98 Å². The van der Waals surface area contributed by atoms with Crippen molar-refractivity contribution in [1.82, 2.24) is 9.97 Å². The molecular weight excluding hydrogens is 412 g/mol. The number of rotatable bonds is 6. The van der Waals surface area contributed by atoms with E-state index < -0.39 is 16.6 Å². The number of nitrogens with zero attached hydrogens (tertiary/aromatic N) is 3. The van der Waals surface area contributed by atoms with Gasteiger partial charge in [0, 0.05) is 10.7 Å². The van der Waals surface area contributed by atoms with E-state index in [0.29, 0.717) is 22.0 Å². The molecule has 0 bridgehead atoms. The molecule has 1 aromatic heterocycles. The van der Waals surface area contributed by atoms with Crippen LogP contribution in [0.5, 0.6) is 11.6 Å². The SMILES string of the molecule is COC(=O)c1ccc(Nc2ncnc(Oc3cc(C)c(Cl)c(C)c3)c2[N+](=O)[O-])cc1. The van der Waals surface area contributed by atoms with Crippen molar-refractivity contribution in [3.8, 4) is 11.6 Å². The van der Waals surface area contributed by atoms with Crippen molar-refractivity contribution in [2.45, 2.75) is 13.8 Å². The Bertz CT molecular complexity index is 1100. The van der Waals surface area contributed by atoms with E-state index in [2.05, 4.69) is 20.0 Å². The smallest absolute Gasteiger partial charge is 0.373 e. The first kappa shape index (κ1) is 21.0. The number of esters is 1. The molecule has 3 aromatic rings. The van der Waals surface area contributed by atoms with Gasteiger partial charge in [0.25, 0.3) is 0 Å². The largest absolute Gasteiger partial charge is 0.465 e. The summed E-state index contributed by atoms with van der Waals surface area (Å²) in [5.74, 6) is -0.397. The summed E-state index contributed by atoms with van der Waals surface area (Å²) < 4.78 is 10.3. The van der Waals surface area contributed by atoms with Gasteiger partial charge in [0.15, 0.2) is 0 Å². The maximum absolute atomic E-state index is 11.7. The van der Waals surface area contributed by atoms with Crippen LogP contribution in [0.3, 0.4) is 0 Å². The summed E-state index contributed by atoms with van der Waals surface area (Å²) in [4.78, 5) is 30.5. The van der Waals surface area contributed by atoms with E-state index >= 15 is 0 Å². The highest BCUT2D eigenvalue weighted by Gasteiger charge is 2.25. The number of aryl methyl sites for hydroxylation is 2. The lowest BCUT2D eigenvalue weighted by molar-refractivity contribution is -0.385. The Kier molecular flexibility index (Phi) is 6.12. The van der Waals surface area contributed by atoms with Crippen molar-refractivity contribution >= 4 is 34.8 Å². The molecule has 0 aliphatic carbocycles. The third-order valence-corrected chi connectivity index (χ3v) is 4.76. The Hall–Kier alpha value is -3.72. The molecular formula is C20H17ClN4O5. The molecule has 0 fully saturated rings. The predicted molar refractivity (Wildman–Crippen MR) is 111 cm³/mol. The number of nitro groups is 1. The monoisotopic (exact) mass is 428 g/mol. The van der Waals surface area contributed by atoms with Crippen molar-refractivity contribution < 1.29 is 19.2 Å². The van der Waals surface area contributed by atoms with Crippen LogP contribution in [0.4, 0.5) is 17.2 Å². The van der Waals surface area contributed by atoms with Crippen LogP contribution in [-0.4, -0.2) is 28.0 Å². The van der Waals surface area contributed by atoms with Crippen LogP contribution in [0, 0.1) is 24.0 Å². The Morgan fingerprint density at radius 2 is 1.77 bits per heavy atom. The van der Waals surface area contributed by atoms with Gasteiger partial charge in [0.1, 0.15) is 12.1 Å². The van der Waals surface area contributed by atoms with E-state index in [0.717, 1.165) is 17.5 Å². The van der Waals surface area contributed by atoms with Crippen LogP contribution in [0.15, 0.2) is 42.7 Å². The predicted octanol–water partition coefficient (Wildman–Crippen LogP) is 4.98. The average Bonchev–Trinajstić information content (AvgIpc) is 2.72. The molecule has 0 unspecified atom stereocenters. The number of methoxy groups -OCH3 is 1. The molecule has 10 heteroatoms. The Morgan fingerprint density at radius 1 is 1.13 bits per heavy atom. The highest BCUT2D eigenvalue weighted by Crippen LogP contribution is 2.36. The first-order chi connectivity index (χ1) is 14.3. The maximum Gasteiger partial charge on any atom is 0.373 e. The summed E-state index contributed by atoms with van der Waals surface area (Å²) >= 11 is 6.16. The zero-order valence-electron chi connectivity index (χ0n) is 16.3. The third-order valence-electron chi connectivity index (χ3n) is 4.16. The Labute approximate surface area is 176 Å². The lowest BCUT2D eigenvalue weighted by Gasteiger charge is -2.11. The maximum atomic E-state index is 11.7. The van der Waals surface area contributed by atoms with Crippen LogP contribution in [-0.2, 0) is 4.74 Å². The van der Waals surface area contributed by atoms with Crippen molar-refractivity contribution in [2.24, 2.45) is 0 Å². The van der Waals surface area contributed by atoms with Crippen LogP contribution in [0.25, 0.3) is 0 Å². The standard InChI is InChI=1S/C20H17ClN4O5/c1-11-8-15(9-12(2)16(11)21)30-19-17(25(27)28)18(22-10-23-19)24-14-6-4-13(5-7-14)20(26)29-3/h4-10H,1-3H3,(H,22,23,24). The topological polar surface area (TPSA) is 116 Å². The van der Waals surface area contributed by atoms with Gasteiger partial charge >= 0.3 is 17.5 Å². The summed E-state index contributed by atoms with van der Waals surface area (Å²) in [5.41, 5.74) is 1.94. The lowest BCUT2D eigenvalue weighted by Crippen LogP contribution is -2.04. The minimum absolute atomic E-state index is 0.0572. The molecule has 0 saturated heterocycles. The second kappa shape index (κ2) is 8.75. The Morgan fingerprint density at radius 3 is 2.33 bits per heavy atom. The van der Waals surface area contributed by atoms with Crippen LogP contribution in [0.1, 0.15) is 21.5 Å². The molecule has 0 radical (unpaired) electrons. The van der Waals surface area contributed by atoms with Gasteiger partial charge in [-0.25, -0.2) is 9.78 Å². The second-order valence-corrected chi connectivity index (χ2v) is 6.68. The highest BCUT2D eigenvalue weighted by atomic mass is 35.5.